The summed E-state index contributed by atoms with van der Waals surface area (Å²) in [7, 11) is 3.18. The zero-order valence-corrected chi connectivity index (χ0v) is 14.4. The lowest BCUT2D eigenvalue weighted by Crippen LogP contribution is -2.32. The Morgan fingerprint density at radius 1 is 1.04 bits per heavy atom. The third kappa shape index (κ3) is 4.85. The minimum absolute atomic E-state index is 0.0940. The van der Waals surface area contributed by atoms with Crippen LogP contribution in [-0.2, 0) is 0 Å². The van der Waals surface area contributed by atoms with Crippen LogP contribution in [0.15, 0.2) is 54.6 Å². The summed E-state index contributed by atoms with van der Waals surface area (Å²) in [6.07, 6.45) is 3.48. The van der Waals surface area contributed by atoms with Crippen molar-refractivity contribution in [1.29, 1.82) is 0 Å². The van der Waals surface area contributed by atoms with Crippen molar-refractivity contribution in [3.8, 4) is 11.5 Å². The molecule has 24 heavy (non-hydrogen) atoms. The van der Waals surface area contributed by atoms with Gasteiger partial charge >= 0.3 is 0 Å². The van der Waals surface area contributed by atoms with Gasteiger partial charge in [-0.15, -0.1) is 0 Å². The summed E-state index contributed by atoms with van der Waals surface area (Å²) in [5.74, 6) is 1.27. The van der Waals surface area contributed by atoms with Gasteiger partial charge in [-0.3, -0.25) is 0 Å². The lowest BCUT2D eigenvalue weighted by Gasteiger charge is -2.21. The molecule has 0 radical (unpaired) electrons. The highest BCUT2D eigenvalue weighted by Gasteiger charge is 2.17. The van der Waals surface area contributed by atoms with E-state index in [0.29, 0.717) is 18.0 Å². The first kappa shape index (κ1) is 18.0. The second-order valence-electron chi connectivity index (χ2n) is 5.57. The van der Waals surface area contributed by atoms with Gasteiger partial charge in [0.05, 0.1) is 20.3 Å². The molecule has 0 fully saturated rings. The minimum Gasteiger partial charge on any atom is -0.493 e. The zero-order chi connectivity index (χ0) is 17.4. The Bertz CT molecular complexity index is 655. The van der Waals surface area contributed by atoms with Crippen LogP contribution in [0.25, 0.3) is 6.08 Å². The fourth-order valence-electron chi connectivity index (χ4n) is 2.45. The largest absolute Gasteiger partial charge is 0.493 e. The minimum atomic E-state index is -0.630. The molecule has 2 rings (SSSR count). The van der Waals surface area contributed by atoms with Gasteiger partial charge in [0, 0.05) is 12.6 Å². The number of aliphatic hydroxyl groups is 1. The van der Waals surface area contributed by atoms with Crippen LogP contribution < -0.4 is 14.8 Å². The van der Waals surface area contributed by atoms with Crippen molar-refractivity contribution in [2.75, 3.05) is 20.8 Å². The number of rotatable bonds is 8. The number of benzene rings is 2. The molecular weight excluding hydrogens is 302 g/mol. The van der Waals surface area contributed by atoms with Crippen LogP contribution in [-0.4, -0.2) is 31.9 Å². The summed E-state index contributed by atoms with van der Waals surface area (Å²) in [4.78, 5) is 0. The second kappa shape index (κ2) is 9.11. The Balaban J connectivity index is 1.92. The molecule has 2 atom stereocenters. The molecule has 0 heterocycles. The zero-order valence-electron chi connectivity index (χ0n) is 14.4. The summed E-state index contributed by atoms with van der Waals surface area (Å²) in [6, 6.07) is 15.5. The predicted octanol–water partition coefficient (Wildman–Crippen LogP) is 3.43. The number of nitrogens with one attached hydrogen (secondary N) is 1. The van der Waals surface area contributed by atoms with Crippen LogP contribution in [0.2, 0.25) is 0 Å². The lowest BCUT2D eigenvalue weighted by molar-refractivity contribution is 0.137. The van der Waals surface area contributed by atoms with Crippen molar-refractivity contribution < 1.29 is 14.6 Å². The standard InChI is InChI=1S/C20H25NO3/c1-15(21-13-7-10-16-8-5-4-6-9-16)20(22)17-11-12-18(23-2)19(14-17)24-3/h4-12,14-15,20-22H,13H2,1-3H3/b10-7+. The molecule has 0 aliphatic heterocycles. The summed E-state index contributed by atoms with van der Waals surface area (Å²) >= 11 is 0. The van der Waals surface area contributed by atoms with E-state index in [0.717, 1.165) is 11.1 Å². The third-order valence-electron chi connectivity index (χ3n) is 3.89. The molecule has 0 saturated heterocycles. The predicted molar refractivity (Wildman–Crippen MR) is 97.4 cm³/mol. The molecule has 4 nitrogen and oxygen atoms in total. The van der Waals surface area contributed by atoms with Gasteiger partial charge in [-0.2, -0.15) is 0 Å². The van der Waals surface area contributed by atoms with Gasteiger partial charge in [0.15, 0.2) is 11.5 Å². The fourth-order valence-corrected chi connectivity index (χ4v) is 2.45. The van der Waals surface area contributed by atoms with Gasteiger partial charge in [-0.1, -0.05) is 48.6 Å². The Morgan fingerprint density at radius 2 is 1.75 bits per heavy atom. The molecule has 0 bridgehead atoms. The van der Waals surface area contributed by atoms with E-state index >= 15 is 0 Å². The summed E-state index contributed by atoms with van der Waals surface area (Å²) in [5, 5.41) is 13.8. The highest BCUT2D eigenvalue weighted by atomic mass is 16.5. The molecule has 0 saturated carbocycles. The molecule has 0 aromatic heterocycles. The van der Waals surface area contributed by atoms with Gasteiger partial charge in [-0.05, 0) is 30.2 Å². The van der Waals surface area contributed by atoms with Crippen LogP contribution in [0.3, 0.4) is 0 Å². The summed E-state index contributed by atoms with van der Waals surface area (Å²) in [5.41, 5.74) is 1.95. The monoisotopic (exact) mass is 327 g/mol. The quantitative estimate of drug-likeness (QED) is 0.780. The fraction of sp³-hybridized carbons (Fsp3) is 0.300. The maximum absolute atomic E-state index is 10.5. The van der Waals surface area contributed by atoms with E-state index in [1.54, 1.807) is 20.3 Å². The highest BCUT2D eigenvalue weighted by Crippen LogP contribution is 2.30. The van der Waals surface area contributed by atoms with Crippen LogP contribution in [0.4, 0.5) is 0 Å². The number of methoxy groups -OCH3 is 2. The molecule has 2 unspecified atom stereocenters. The second-order valence-corrected chi connectivity index (χ2v) is 5.57. The van der Waals surface area contributed by atoms with Crippen LogP contribution in [0, 0.1) is 0 Å². The number of hydrogen-bond donors (Lipinski definition) is 2. The van der Waals surface area contributed by atoms with Gasteiger partial charge in [-0.25, -0.2) is 0 Å². The number of ether oxygens (including phenoxy) is 2. The maximum Gasteiger partial charge on any atom is 0.161 e. The summed E-state index contributed by atoms with van der Waals surface area (Å²) in [6.45, 7) is 2.64. The third-order valence-corrected chi connectivity index (χ3v) is 3.89. The molecule has 2 aromatic carbocycles. The van der Waals surface area contributed by atoms with E-state index < -0.39 is 6.10 Å². The SMILES string of the molecule is COc1ccc(C(O)C(C)NC/C=C/c2ccccc2)cc1OC. The molecule has 0 amide bonds. The smallest absolute Gasteiger partial charge is 0.161 e. The van der Waals surface area contributed by atoms with Crippen molar-refractivity contribution in [3.63, 3.8) is 0 Å². The van der Waals surface area contributed by atoms with Gasteiger partial charge in [0.25, 0.3) is 0 Å². The molecule has 0 aliphatic rings. The highest BCUT2D eigenvalue weighted by molar-refractivity contribution is 5.48. The Labute approximate surface area is 143 Å². The van der Waals surface area contributed by atoms with E-state index in [1.807, 2.05) is 43.3 Å². The van der Waals surface area contributed by atoms with Gasteiger partial charge in [0.1, 0.15) is 0 Å². The van der Waals surface area contributed by atoms with E-state index in [2.05, 4.69) is 23.5 Å². The first-order chi connectivity index (χ1) is 11.7. The molecule has 0 spiro atoms. The van der Waals surface area contributed by atoms with Gasteiger partial charge < -0.3 is 19.9 Å². The lowest BCUT2D eigenvalue weighted by atomic mass is 10.0. The van der Waals surface area contributed by atoms with E-state index in [1.165, 1.54) is 0 Å². The molecule has 128 valence electrons. The Morgan fingerprint density at radius 3 is 2.42 bits per heavy atom. The molecule has 2 aromatic rings. The number of hydrogen-bond acceptors (Lipinski definition) is 4. The summed E-state index contributed by atoms with van der Waals surface area (Å²) < 4.78 is 10.5. The van der Waals surface area contributed by atoms with Crippen LogP contribution >= 0.6 is 0 Å². The topological polar surface area (TPSA) is 50.7 Å². The normalized spacial score (nSPS) is 13.7. The Kier molecular flexibility index (Phi) is 6.85. The van der Waals surface area contributed by atoms with Crippen molar-refractivity contribution >= 4 is 6.08 Å². The van der Waals surface area contributed by atoms with E-state index in [9.17, 15) is 5.11 Å². The molecular formula is C20H25NO3. The van der Waals surface area contributed by atoms with E-state index in [4.69, 9.17) is 9.47 Å². The Hall–Kier alpha value is -2.30. The van der Waals surface area contributed by atoms with E-state index in [-0.39, 0.29) is 6.04 Å². The van der Waals surface area contributed by atoms with Crippen LogP contribution in [0.5, 0.6) is 11.5 Å². The van der Waals surface area contributed by atoms with Gasteiger partial charge in [0.2, 0.25) is 0 Å². The first-order valence-electron chi connectivity index (χ1n) is 8.00. The average Bonchev–Trinajstić information content (AvgIpc) is 2.64. The van der Waals surface area contributed by atoms with Crippen LogP contribution in [0.1, 0.15) is 24.2 Å². The maximum atomic E-state index is 10.5. The van der Waals surface area contributed by atoms with Crippen molar-refractivity contribution in [1.82, 2.24) is 5.32 Å². The average molecular weight is 327 g/mol. The first-order valence-corrected chi connectivity index (χ1v) is 8.00. The molecule has 4 heteroatoms. The van der Waals surface area contributed by atoms with Crippen molar-refractivity contribution in [3.05, 3.63) is 65.7 Å². The van der Waals surface area contributed by atoms with Crippen molar-refractivity contribution in [2.24, 2.45) is 0 Å². The number of aliphatic hydroxyl groups excluding tert-OH is 1. The van der Waals surface area contributed by atoms with Crippen molar-refractivity contribution in [2.45, 2.75) is 19.1 Å². The molecule has 2 N–H and O–H groups in total. The molecule has 0 aliphatic carbocycles.